The fourth-order valence-electron chi connectivity index (χ4n) is 3.44. The molecule has 0 saturated carbocycles. The van der Waals surface area contributed by atoms with Crippen LogP contribution in [-0.2, 0) is 37.2 Å². The Morgan fingerprint density at radius 1 is 1.00 bits per heavy atom. The van der Waals surface area contributed by atoms with Gasteiger partial charge >= 0.3 is 0 Å². The molecular weight excluding hydrogens is 457 g/mol. The number of aromatic nitrogens is 5. The maximum atomic E-state index is 14.7. The summed E-state index contributed by atoms with van der Waals surface area (Å²) in [5, 5.41) is 6.77. The standard InChI is InChI=1S/C25H23F3N6O/c1-25(27,28)22-6-3-16(10-29-22)11-32-24(35)9-19-5-4-18(8-21(19)26)20-13-30-23(31-14-20)7-17-12-33-34(2)15-17/h3-6,8,10,12-15H,7,9,11H2,1-2H3,(H,32,35). The highest BCUT2D eigenvalue weighted by atomic mass is 19.3. The molecular formula is C25H23F3N6O. The number of alkyl halides is 2. The minimum atomic E-state index is -3.03. The summed E-state index contributed by atoms with van der Waals surface area (Å²) in [5.41, 5.74) is 2.70. The summed E-state index contributed by atoms with van der Waals surface area (Å²) in [6, 6.07) is 7.29. The van der Waals surface area contributed by atoms with E-state index in [0.717, 1.165) is 12.5 Å². The Morgan fingerprint density at radius 2 is 1.77 bits per heavy atom. The molecule has 0 bridgehead atoms. The van der Waals surface area contributed by atoms with Crippen molar-refractivity contribution < 1.29 is 18.0 Å². The Balaban J connectivity index is 1.34. The average molecular weight is 480 g/mol. The molecule has 0 spiro atoms. The van der Waals surface area contributed by atoms with E-state index in [1.54, 1.807) is 35.4 Å². The average Bonchev–Trinajstić information content (AvgIpc) is 3.23. The molecule has 0 radical (unpaired) electrons. The van der Waals surface area contributed by atoms with E-state index in [4.69, 9.17) is 0 Å². The van der Waals surface area contributed by atoms with Crippen LogP contribution in [0.2, 0.25) is 0 Å². The summed E-state index contributed by atoms with van der Waals surface area (Å²) in [7, 11) is 1.84. The van der Waals surface area contributed by atoms with Crippen LogP contribution in [0.5, 0.6) is 0 Å². The molecule has 0 unspecified atom stereocenters. The van der Waals surface area contributed by atoms with Crippen molar-refractivity contribution in [3.05, 3.63) is 95.3 Å². The van der Waals surface area contributed by atoms with Gasteiger partial charge in [-0.3, -0.25) is 14.5 Å². The topological polar surface area (TPSA) is 85.6 Å². The number of pyridine rings is 1. The zero-order chi connectivity index (χ0) is 25.0. The second-order valence-electron chi connectivity index (χ2n) is 8.29. The van der Waals surface area contributed by atoms with Crippen molar-refractivity contribution in [2.24, 2.45) is 7.05 Å². The van der Waals surface area contributed by atoms with Gasteiger partial charge in [0, 0.05) is 57.3 Å². The molecule has 0 saturated heterocycles. The molecule has 0 atom stereocenters. The molecule has 1 amide bonds. The highest BCUT2D eigenvalue weighted by molar-refractivity contribution is 5.79. The Bertz CT molecular complexity index is 1310. The van der Waals surface area contributed by atoms with Crippen LogP contribution in [0.3, 0.4) is 0 Å². The van der Waals surface area contributed by atoms with Crippen molar-refractivity contribution in [1.29, 1.82) is 0 Å². The molecule has 7 nitrogen and oxygen atoms in total. The third-order valence-electron chi connectivity index (χ3n) is 5.33. The van der Waals surface area contributed by atoms with Crippen LogP contribution in [-0.4, -0.2) is 30.6 Å². The third-order valence-corrected chi connectivity index (χ3v) is 5.33. The van der Waals surface area contributed by atoms with E-state index in [9.17, 15) is 18.0 Å². The molecule has 4 rings (SSSR count). The summed E-state index contributed by atoms with van der Waals surface area (Å²) < 4.78 is 42.9. The van der Waals surface area contributed by atoms with Crippen molar-refractivity contribution in [3.63, 3.8) is 0 Å². The molecule has 0 fully saturated rings. The van der Waals surface area contributed by atoms with Crippen LogP contribution in [0.25, 0.3) is 11.1 Å². The molecule has 35 heavy (non-hydrogen) atoms. The summed E-state index contributed by atoms with van der Waals surface area (Å²) in [5.74, 6) is -3.32. The minimum Gasteiger partial charge on any atom is -0.352 e. The lowest BCUT2D eigenvalue weighted by atomic mass is 10.0. The SMILES string of the molecule is Cn1cc(Cc2ncc(-c3ccc(CC(=O)NCc4ccc(C(C)(F)F)nc4)c(F)c3)cn2)cn1. The fourth-order valence-corrected chi connectivity index (χ4v) is 3.44. The van der Waals surface area contributed by atoms with E-state index in [0.29, 0.717) is 28.9 Å². The van der Waals surface area contributed by atoms with Gasteiger partial charge in [0.1, 0.15) is 17.3 Å². The van der Waals surface area contributed by atoms with Gasteiger partial charge in [0.15, 0.2) is 0 Å². The summed E-state index contributed by atoms with van der Waals surface area (Å²) >= 11 is 0. The monoisotopic (exact) mass is 480 g/mol. The number of halogens is 3. The molecule has 1 N–H and O–H groups in total. The Labute approximate surface area is 200 Å². The first-order valence-corrected chi connectivity index (χ1v) is 10.8. The number of hydrogen-bond donors (Lipinski definition) is 1. The van der Waals surface area contributed by atoms with E-state index in [1.165, 1.54) is 24.4 Å². The van der Waals surface area contributed by atoms with E-state index in [-0.39, 0.29) is 24.2 Å². The number of carbonyl (C=O) groups is 1. The van der Waals surface area contributed by atoms with Gasteiger partial charge in [-0.25, -0.2) is 14.4 Å². The lowest BCUT2D eigenvalue weighted by Crippen LogP contribution is -2.25. The van der Waals surface area contributed by atoms with Gasteiger partial charge in [0.2, 0.25) is 5.91 Å². The number of rotatable bonds is 8. The predicted octanol–water partition coefficient (Wildman–Crippen LogP) is 3.97. The predicted molar refractivity (Wildman–Crippen MR) is 123 cm³/mol. The Hall–Kier alpha value is -4.08. The number of nitrogens with zero attached hydrogens (tertiary/aromatic N) is 5. The second-order valence-corrected chi connectivity index (χ2v) is 8.29. The van der Waals surface area contributed by atoms with E-state index in [1.807, 2.05) is 13.2 Å². The Kier molecular flexibility index (Phi) is 6.90. The molecule has 3 aromatic heterocycles. The van der Waals surface area contributed by atoms with Gasteiger partial charge in [0.05, 0.1) is 12.6 Å². The van der Waals surface area contributed by atoms with Gasteiger partial charge in [-0.05, 0) is 34.4 Å². The van der Waals surface area contributed by atoms with Crippen molar-refractivity contribution in [2.45, 2.75) is 32.2 Å². The molecule has 0 aliphatic carbocycles. The molecule has 10 heteroatoms. The van der Waals surface area contributed by atoms with Gasteiger partial charge in [-0.15, -0.1) is 0 Å². The second kappa shape index (κ2) is 10.0. The van der Waals surface area contributed by atoms with Gasteiger partial charge in [-0.2, -0.15) is 13.9 Å². The van der Waals surface area contributed by atoms with Gasteiger partial charge in [0.25, 0.3) is 5.92 Å². The van der Waals surface area contributed by atoms with Crippen LogP contribution in [0.15, 0.2) is 61.3 Å². The van der Waals surface area contributed by atoms with Crippen LogP contribution in [0, 0.1) is 5.82 Å². The van der Waals surface area contributed by atoms with Gasteiger partial charge < -0.3 is 5.32 Å². The molecule has 4 aromatic rings. The number of hydrogen-bond acceptors (Lipinski definition) is 5. The highest BCUT2D eigenvalue weighted by Crippen LogP contribution is 2.25. The normalized spacial score (nSPS) is 11.5. The molecule has 3 heterocycles. The lowest BCUT2D eigenvalue weighted by Gasteiger charge is -2.11. The minimum absolute atomic E-state index is 0.101. The highest BCUT2D eigenvalue weighted by Gasteiger charge is 2.25. The van der Waals surface area contributed by atoms with Crippen LogP contribution in [0.1, 0.15) is 35.1 Å². The first-order chi connectivity index (χ1) is 16.7. The number of amides is 1. The first kappa shape index (κ1) is 24.1. The van der Waals surface area contributed by atoms with Crippen LogP contribution in [0.4, 0.5) is 13.2 Å². The zero-order valence-electron chi connectivity index (χ0n) is 19.2. The van der Waals surface area contributed by atoms with E-state index >= 15 is 0 Å². The van der Waals surface area contributed by atoms with Crippen LogP contribution >= 0.6 is 0 Å². The van der Waals surface area contributed by atoms with Crippen molar-refractivity contribution in [3.8, 4) is 11.1 Å². The molecule has 0 aliphatic rings. The molecule has 0 aliphatic heterocycles. The van der Waals surface area contributed by atoms with Crippen LogP contribution < -0.4 is 5.32 Å². The largest absolute Gasteiger partial charge is 0.352 e. The number of aryl methyl sites for hydroxylation is 1. The number of nitrogens with one attached hydrogen (secondary N) is 1. The van der Waals surface area contributed by atoms with Gasteiger partial charge in [-0.1, -0.05) is 18.2 Å². The fraction of sp³-hybridized carbons (Fsp3) is 0.240. The number of carbonyl (C=O) groups excluding carboxylic acids is 1. The quantitative estimate of drug-likeness (QED) is 0.413. The number of benzene rings is 1. The van der Waals surface area contributed by atoms with Crippen molar-refractivity contribution >= 4 is 5.91 Å². The summed E-state index contributed by atoms with van der Waals surface area (Å²) in [6.45, 7) is 0.868. The van der Waals surface area contributed by atoms with Crippen molar-refractivity contribution in [1.82, 2.24) is 30.0 Å². The van der Waals surface area contributed by atoms with Crippen molar-refractivity contribution in [2.75, 3.05) is 0 Å². The summed E-state index contributed by atoms with van der Waals surface area (Å²) in [6.07, 6.45) is 8.57. The molecule has 180 valence electrons. The zero-order valence-corrected chi connectivity index (χ0v) is 19.2. The maximum absolute atomic E-state index is 14.7. The third kappa shape index (κ3) is 6.28. The Morgan fingerprint density at radius 3 is 2.37 bits per heavy atom. The maximum Gasteiger partial charge on any atom is 0.286 e. The smallest absolute Gasteiger partial charge is 0.286 e. The summed E-state index contributed by atoms with van der Waals surface area (Å²) in [4.78, 5) is 24.7. The first-order valence-electron chi connectivity index (χ1n) is 10.8. The molecule has 1 aromatic carbocycles. The lowest BCUT2D eigenvalue weighted by molar-refractivity contribution is -0.120. The van der Waals surface area contributed by atoms with E-state index < -0.39 is 17.6 Å². The van der Waals surface area contributed by atoms with E-state index in [2.05, 4.69) is 25.4 Å².